The summed E-state index contributed by atoms with van der Waals surface area (Å²) in [5, 5.41) is 27.1. The molecule has 1 radical (unpaired) electrons. The van der Waals surface area contributed by atoms with Crippen LogP contribution in [0.5, 0.6) is 0 Å². The third kappa shape index (κ3) is 1.62. The minimum atomic E-state index is -1.06. The van der Waals surface area contributed by atoms with Crippen molar-refractivity contribution in [1.29, 1.82) is 0 Å². The van der Waals surface area contributed by atoms with E-state index in [1.54, 1.807) is 22.3 Å². The average Bonchev–Trinajstić information content (AvgIpc) is 1.93. The Labute approximate surface area is 71.7 Å². The topological polar surface area (TPSA) is 69.9 Å². The molecule has 0 aromatic heterocycles. The van der Waals surface area contributed by atoms with Gasteiger partial charge in [-0.15, -0.1) is 0 Å². The summed E-state index contributed by atoms with van der Waals surface area (Å²) in [7, 11) is 0. The Kier molecular flexibility index (Phi) is 2.92. The third-order valence-corrected chi connectivity index (χ3v) is 2.64. The van der Waals surface area contributed by atoms with E-state index in [4.69, 9.17) is 20.1 Å². The summed E-state index contributed by atoms with van der Waals surface area (Å²) in [5.41, 5.74) is 0. The second kappa shape index (κ2) is 3.35. The number of hydrogen-bond acceptors (Lipinski definition) is 4. The fourth-order valence-corrected chi connectivity index (χ4v) is 1.46. The quantitative estimate of drug-likeness (QED) is 0.425. The van der Waals surface area contributed by atoms with Gasteiger partial charge in [0, 0.05) is 0 Å². The maximum atomic E-state index is 9.08. The summed E-state index contributed by atoms with van der Waals surface area (Å²) in [6, 6.07) is 0. The Morgan fingerprint density at radius 3 is 2.30 bits per heavy atom. The molecule has 0 bridgehead atoms. The van der Waals surface area contributed by atoms with Gasteiger partial charge >= 0.3 is 71.4 Å². The third-order valence-electron chi connectivity index (χ3n) is 1.45. The van der Waals surface area contributed by atoms with Crippen molar-refractivity contribution in [3.63, 3.8) is 0 Å². The van der Waals surface area contributed by atoms with Crippen LogP contribution in [0.3, 0.4) is 0 Å². The van der Waals surface area contributed by atoms with Gasteiger partial charge < -0.3 is 0 Å². The zero-order chi connectivity index (χ0) is 7.72. The molecule has 1 aliphatic rings. The molecule has 0 spiro atoms. The normalized spacial score (nSPS) is 49.2. The minimum absolute atomic E-state index is 0.0991. The van der Waals surface area contributed by atoms with Gasteiger partial charge in [0.25, 0.3) is 0 Å². The molecular formula is C5H9O4Te. The summed E-state index contributed by atoms with van der Waals surface area (Å²) in [4.78, 5) is 0. The van der Waals surface area contributed by atoms with Crippen molar-refractivity contribution in [2.45, 2.75) is 22.5 Å². The first-order valence-corrected chi connectivity index (χ1v) is 4.29. The van der Waals surface area contributed by atoms with Gasteiger partial charge in [-0.2, -0.15) is 0 Å². The van der Waals surface area contributed by atoms with Crippen LogP contribution < -0.4 is 0 Å². The summed E-state index contributed by atoms with van der Waals surface area (Å²) in [6.45, 7) is 0.0991. The van der Waals surface area contributed by atoms with Crippen molar-refractivity contribution >= 4 is 22.3 Å². The van der Waals surface area contributed by atoms with Crippen LogP contribution in [-0.2, 0) is 4.74 Å². The Morgan fingerprint density at radius 2 is 1.80 bits per heavy atom. The molecule has 4 nitrogen and oxygen atoms in total. The van der Waals surface area contributed by atoms with Crippen molar-refractivity contribution < 1.29 is 20.1 Å². The van der Waals surface area contributed by atoms with E-state index >= 15 is 0 Å². The van der Waals surface area contributed by atoms with Crippen molar-refractivity contribution in [1.82, 2.24) is 0 Å². The summed E-state index contributed by atoms with van der Waals surface area (Å²) >= 11 is 1.58. The van der Waals surface area contributed by atoms with Crippen LogP contribution in [0, 0.1) is 0 Å². The zero-order valence-corrected chi connectivity index (χ0v) is 7.51. The molecule has 1 fully saturated rings. The number of aliphatic hydroxyl groups excluding tert-OH is 3. The fraction of sp³-hybridized carbons (Fsp3) is 1.00. The molecule has 5 heteroatoms. The van der Waals surface area contributed by atoms with Crippen LogP contribution in [0.15, 0.2) is 0 Å². The molecule has 0 aromatic rings. The molecule has 1 saturated heterocycles. The van der Waals surface area contributed by atoms with Crippen molar-refractivity contribution in [2.75, 3.05) is 6.61 Å². The Morgan fingerprint density at radius 1 is 1.20 bits per heavy atom. The summed E-state index contributed by atoms with van der Waals surface area (Å²) in [6.07, 6.45) is -2.98. The average molecular weight is 261 g/mol. The van der Waals surface area contributed by atoms with Gasteiger partial charge in [-0.1, -0.05) is 0 Å². The Balaban J connectivity index is 2.52. The zero-order valence-electron chi connectivity index (χ0n) is 5.17. The van der Waals surface area contributed by atoms with E-state index in [2.05, 4.69) is 0 Å². The molecule has 0 saturated carbocycles. The second-order valence-electron chi connectivity index (χ2n) is 2.25. The molecular weight excluding hydrogens is 252 g/mol. The molecule has 4 atom stereocenters. The number of hydrogen-bond donors (Lipinski definition) is 3. The van der Waals surface area contributed by atoms with Crippen LogP contribution in [0.4, 0.5) is 0 Å². The van der Waals surface area contributed by atoms with E-state index in [1.165, 1.54) is 0 Å². The second-order valence-corrected chi connectivity index (χ2v) is 3.58. The van der Waals surface area contributed by atoms with E-state index in [1.807, 2.05) is 0 Å². The van der Waals surface area contributed by atoms with Crippen molar-refractivity contribution in [3.05, 3.63) is 0 Å². The number of aliphatic hydroxyl groups is 3. The first-order valence-electron chi connectivity index (χ1n) is 2.94. The van der Waals surface area contributed by atoms with Gasteiger partial charge in [-0.05, 0) is 0 Å². The predicted molar refractivity (Wildman–Crippen MR) is 33.5 cm³/mol. The van der Waals surface area contributed by atoms with Gasteiger partial charge in [0.05, 0.1) is 0 Å². The molecule has 1 heterocycles. The molecule has 0 aromatic carbocycles. The Hall–Kier alpha value is 0.630. The molecule has 0 amide bonds. The van der Waals surface area contributed by atoms with Gasteiger partial charge in [-0.25, -0.2) is 0 Å². The number of rotatable bonds is 0. The van der Waals surface area contributed by atoms with Crippen LogP contribution in [0.2, 0.25) is 0 Å². The van der Waals surface area contributed by atoms with E-state index in [0.717, 1.165) is 0 Å². The van der Waals surface area contributed by atoms with Crippen LogP contribution >= 0.6 is 0 Å². The van der Waals surface area contributed by atoms with Crippen LogP contribution in [0.1, 0.15) is 0 Å². The Bertz CT molecular complexity index is 106. The van der Waals surface area contributed by atoms with E-state index in [0.29, 0.717) is 0 Å². The molecule has 1 rings (SSSR count). The van der Waals surface area contributed by atoms with Gasteiger partial charge in [-0.3, -0.25) is 0 Å². The monoisotopic (exact) mass is 263 g/mol. The first kappa shape index (κ1) is 8.72. The molecule has 59 valence electrons. The van der Waals surface area contributed by atoms with Gasteiger partial charge in [0.1, 0.15) is 0 Å². The van der Waals surface area contributed by atoms with E-state index < -0.39 is 18.3 Å². The van der Waals surface area contributed by atoms with Crippen LogP contribution in [0.25, 0.3) is 0 Å². The molecule has 10 heavy (non-hydrogen) atoms. The standard InChI is InChI=1S/C5H9O4Te/c6-2-1-9-5(10)4(8)3(2)7/h2-8H,1H2. The fourth-order valence-electron chi connectivity index (χ4n) is 0.779. The number of ether oxygens (including phenoxy) is 1. The van der Waals surface area contributed by atoms with E-state index in [-0.39, 0.29) is 10.8 Å². The molecule has 0 aliphatic carbocycles. The summed E-state index contributed by atoms with van der Waals surface area (Å²) in [5.74, 6) is 0. The first-order chi connectivity index (χ1) is 4.63. The van der Waals surface area contributed by atoms with Gasteiger partial charge in [0.2, 0.25) is 0 Å². The van der Waals surface area contributed by atoms with E-state index in [9.17, 15) is 0 Å². The SMILES string of the molecule is OC1COC([Te])C(O)C1O. The van der Waals surface area contributed by atoms with Gasteiger partial charge in [0.15, 0.2) is 0 Å². The van der Waals surface area contributed by atoms with Crippen molar-refractivity contribution in [2.24, 2.45) is 0 Å². The van der Waals surface area contributed by atoms with Crippen LogP contribution in [-0.4, -0.2) is 66.7 Å². The summed E-state index contributed by atoms with van der Waals surface area (Å²) < 4.78 is 4.54. The van der Waals surface area contributed by atoms with Crippen molar-refractivity contribution in [3.8, 4) is 0 Å². The predicted octanol–water partition coefficient (Wildman–Crippen LogP) is -2.41. The molecule has 4 unspecified atom stereocenters. The molecule has 1 aliphatic heterocycles. The molecule has 3 N–H and O–H groups in total. The maximum absolute atomic E-state index is 9.08.